The van der Waals surface area contributed by atoms with Gasteiger partial charge in [-0.3, -0.25) is 0 Å². The van der Waals surface area contributed by atoms with Crippen LogP contribution in [0.3, 0.4) is 0 Å². The lowest BCUT2D eigenvalue weighted by Crippen LogP contribution is -2.19. The summed E-state index contributed by atoms with van der Waals surface area (Å²) >= 11 is 3.54. The van der Waals surface area contributed by atoms with Gasteiger partial charge in [-0.1, -0.05) is 47.1 Å². The summed E-state index contributed by atoms with van der Waals surface area (Å²) in [7, 11) is 3.72. The first-order valence-corrected chi connectivity index (χ1v) is 8.05. The van der Waals surface area contributed by atoms with E-state index in [1.165, 1.54) is 16.7 Å². The maximum absolute atomic E-state index is 5.47. The zero-order chi connectivity index (χ0) is 15.2. The molecule has 21 heavy (non-hydrogen) atoms. The average Bonchev–Trinajstić information content (AvgIpc) is 2.53. The molecule has 2 aromatic carbocycles. The van der Waals surface area contributed by atoms with Gasteiger partial charge >= 0.3 is 0 Å². The Morgan fingerprint density at radius 1 is 1.14 bits per heavy atom. The Morgan fingerprint density at radius 2 is 1.86 bits per heavy atom. The molecular weight excluding hydrogens is 326 g/mol. The van der Waals surface area contributed by atoms with Gasteiger partial charge in [-0.15, -0.1) is 0 Å². The molecular formula is C18H22BrNO. The van der Waals surface area contributed by atoms with Gasteiger partial charge < -0.3 is 10.1 Å². The van der Waals surface area contributed by atoms with E-state index in [2.05, 4.69) is 58.5 Å². The fraction of sp³-hybridized carbons (Fsp3) is 0.333. The molecule has 2 nitrogen and oxygen atoms in total. The first kappa shape index (κ1) is 16.1. The number of hydrogen-bond acceptors (Lipinski definition) is 2. The highest BCUT2D eigenvalue weighted by Gasteiger charge is 2.13. The van der Waals surface area contributed by atoms with E-state index >= 15 is 0 Å². The molecule has 0 aliphatic rings. The van der Waals surface area contributed by atoms with Crippen LogP contribution in [0, 0.1) is 0 Å². The summed E-state index contributed by atoms with van der Waals surface area (Å²) in [5.41, 5.74) is 3.87. The molecule has 0 aromatic heterocycles. The largest absolute Gasteiger partial charge is 0.496 e. The van der Waals surface area contributed by atoms with Crippen LogP contribution >= 0.6 is 15.9 Å². The zero-order valence-electron chi connectivity index (χ0n) is 12.8. The van der Waals surface area contributed by atoms with Crippen molar-refractivity contribution in [1.29, 1.82) is 0 Å². The number of methoxy groups -OCH3 is 1. The SMILES string of the molecule is CCc1ccc(C(Cc2cc(Br)ccc2OC)NC)cc1. The molecule has 0 heterocycles. The predicted octanol–water partition coefficient (Wildman–Crippen LogP) is 4.52. The second-order valence-electron chi connectivity index (χ2n) is 5.10. The second-order valence-corrected chi connectivity index (χ2v) is 6.01. The topological polar surface area (TPSA) is 21.3 Å². The number of likely N-dealkylation sites (N-methyl/N-ethyl adjacent to an activating group) is 1. The highest BCUT2D eigenvalue weighted by atomic mass is 79.9. The fourth-order valence-electron chi connectivity index (χ4n) is 2.50. The quantitative estimate of drug-likeness (QED) is 0.829. The van der Waals surface area contributed by atoms with E-state index in [4.69, 9.17) is 4.74 Å². The van der Waals surface area contributed by atoms with Crippen LogP contribution in [0.5, 0.6) is 5.75 Å². The lowest BCUT2D eigenvalue weighted by Gasteiger charge is -2.19. The van der Waals surface area contributed by atoms with E-state index in [0.717, 1.165) is 23.1 Å². The Morgan fingerprint density at radius 3 is 2.43 bits per heavy atom. The normalized spacial score (nSPS) is 12.2. The molecule has 0 radical (unpaired) electrons. The van der Waals surface area contributed by atoms with Gasteiger partial charge in [0.25, 0.3) is 0 Å². The van der Waals surface area contributed by atoms with Gasteiger partial charge in [0.2, 0.25) is 0 Å². The molecule has 0 aliphatic heterocycles. The summed E-state index contributed by atoms with van der Waals surface area (Å²) in [5.74, 6) is 0.934. The molecule has 3 heteroatoms. The lowest BCUT2D eigenvalue weighted by molar-refractivity contribution is 0.406. The minimum absolute atomic E-state index is 0.277. The summed E-state index contributed by atoms with van der Waals surface area (Å²) < 4.78 is 6.55. The Bertz CT molecular complexity index is 580. The van der Waals surface area contributed by atoms with E-state index in [1.807, 2.05) is 19.2 Å². The Balaban J connectivity index is 2.23. The van der Waals surface area contributed by atoms with Crippen molar-refractivity contribution in [2.75, 3.05) is 14.2 Å². The third-order valence-electron chi connectivity index (χ3n) is 3.81. The summed E-state index contributed by atoms with van der Waals surface area (Å²) in [5, 5.41) is 3.40. The molecule has 2 aromatic rings. The van der Waals surface area contributed by atoms with Crippen LogP contribution in [0.1, 0.15) is 29.7 Å². The van der Waals surface area contributed by atoms with E-state index in [-0.39, 0.29) is 6.04 Å². The summed E-state index contributed by atoms with van der Waals surface area (Å²) in [6.45, 7) is 2.18. The molecule has 1 N–H and O–H groups in total. The van der Waals surface area contributed by atoms with Gasteiger partial charge in [-0.2, -0.15) is 0 Å². The third kappa shape index (κ3) is 4.08. The van der Waals surface area contributed by atoms with Crippen LogP contribution in [-0.2, 0) is 12.8 Å². The van der Waals surface area contributed by atoms with Crippen molar-refractivity contribution >= 4 is 15.9 Å². The number of halogens is 1. The molecule has 0 saturated carbocycles. The van der Waals surface area contributed by atoms with E-state index in [0.29, 0.717) is 0 Å². The molecule has 0 amide bonds. The van der Waals surface area contributed by atoms with Crippen molar-refractivity contribution in [2.24, 2.45) is 0 Å². The maximum Gasteiger partial charge on any atom is 0.122 e. The predicted molar refractivity (Wildman–Crippen MR) is 92.0 cm³/mol. The highest BCUT2D eigenvalue weighted by Crippen LogP contribution is 2.28. The highest BCUT2D eigenvalue weighted by molar-refractivity contribution is 9.10. The molecule has 0 saturated heterocycles. The molecule has 0 spiro atoms. The van der Waals surface area contributed by atoms with Crippen LogP contribution < -0.4 is 10.1 Å². The number of ether oxygens (including phenoxy) is 1. The minimum atomic E-state index is 0.277. The molecule has 1 unspecified atom stereocenters. The maximum atomic E-state index is 5.47. The fourth-order valence-corrected chi connectivity index (χ4v) is 2.91. The van der Waals surface area contributed by atoms with Crippen LogP contribution in [0.2, 0.25) is 0 Å². The Kier molecular flexibility index (Phi) is 5.83. The van der Waals surface area contributed by atoms with Gasteiger partial charge in [0.05, 0.1) is 7.11 Å². The van der Waals surface area contributed by atoms with Gasteiger partial charge in [0.1, 0.15) is 5.75 Å². The number of hydrogen-bond donors (Lipinski definition) is 1. The van der Waals surface area contributed by atoms with Crippen LogP contribution in [0.4, 0.5) is 0 Å². The molecule has 112 valence electrons. The van der Waals surface area contributed by atoms with Crippen LogP contribution in [0.15, 0.2) is 46.9 Å². The van der Waals surface area contributed by atoms with Gasteiger partial charge in [0.15, 0.2) is 0 Å². The van der Waals surface area contributed by atoms with Crippen molar-refractivity contribution in [3.63, 3.8) is 0 Å². The summed E-state index contributed by atoms with van der Waals surface area (Å²) in [6, 6.07) is 15.3. The van der Waals surface area contributed by atoms with Gasteiger partial charge in [-0.25, -0.2) is 0 Å². The molecule has 2 rings (SSSR count). The number of rotatable bonds is 6. The standard InChI is InChI=1S/C18H22BrNO/c1-4-13-5-7-14(8-6-13)17(20-2)12-15-11-16(19)9-10-18(15)21-3/h5-11,17,20H,4,12H2,1-3H3. The molecule has 1 atom stereocenters. The molecule has 0 fully saturated rings. The van der Waals surface area contributed by atoms with Crippen molar-refractivity contribution in [3.05, 3.63) is 63.6 Å². The first-order chi connectivity index (χ1) is 10.2. The number of aryl methyl sites for hydroxylation is 1. The smallest absolute Gasteiger partial charge is 0.122 e. The lowest BCUT2D eigenvalue weighted by atomic mass is 9.97. The summed E-state index contributed by atoms with van der Waals surface area (Å²) in [6.07, 6.45) is 1.97. The average molecular weight is 348 g/mol. The van der Waals surface area contributed by atoms with E-state index in [1.54, 1.807) is 7.11 Å². The van der Waals surface area contributed by atoms with E-state index < -0.39 is 0 Å². The monoisotopic (exact) mass is 347 g/mol. The Hall–Kier alpha value is -1.32. The van der Waals surface area contributed by atoms with Crippen LogP contribution in [-0.4, -0.2) is 14.2 Å². The van der Waals surface area contributed by atoms with Crippen molar-refractivity contribution < 1.29 is 4.74 Å². The van der Waals surface area contributed by atoms with E-state index in [9.17, 15) is 0 Å². The summed E-state index contributed by atoms with van der Waals surface area (Å²) in [4.78, 5) is 0. The van der Waals surface area contributed by atoms with Crippen molar-refractivity contribution in [2.45, 2.75) is 25.8 Å². The Labute approximate surface area is 135 Å². The van der Waals surface area contributed by atoms with Gasteiger partial charge in [-0.05, 0) is 54.8 Å². The van der Waals surface area contributed by atoms with Crippen molar-refractivity contribution in [3.8, 4) is 5.75 Å². The second kappa shape index (κ2) is 7.62. The zero-order valence-corrected chi connectivity index (χ0v) is 14.4. The van der Waals surface area contributed by atoms with Crippen molar-refractivity contribution in [1.82, 2.24) is 5.32 Å². The third-order valence-corrected chi connectivity index (χ3v) is 4.30. The van der Waals surface area contributed by atoms with Gasteiger partial charge in [0, 0.05) is 10.5 Å². The number of benzene rings is 2. The first-order valence-electron chi connectivity index (χ1n) is 7.26. The minimum Gasteiger partial charge on any atom is -0.496 e. The van der Waals surface area contributed by atoms with Crippen LogP contribution in [0.25, 0.3) is 0 Å². The molecule has 0 bridgehead atoms. The molecule has 0 aliphatic carbocycles. The number of nitrogens with one attached hydrogen (secondary N) is 1.